The molecule has 1 aliphatic carbocycles. The van der Waals surface area contributed by atoms with Gasteiger partial charge in [0.2, 0.25) is 0 Å². The highest BCUT2D eigenvalue weighted by molar-refractivity contribution is 5.84. The maximum Gasteiger partial charge on any atom is 0.194 e. The highest BCUT2D eigenvalue weighted by Gasteiger charge is 2.28. The summed E-state index contributed by atoms with van der Waals surface area (Å²) < 4.78 is 56.6. The Kier molecular flexibility index (Phi) is 6.64. The molecule has 0 N–H and O–H groups in total. The van der Waals surface area contributed by atoms with E-state index in [-0.39, 0.29) is 23.7 Å². The monoisotopic (exact) mass is 428 g/mol. The van der Waals surface area contributed by atoms with Gasteiger partial charge in [0, 0.05) is 5.39 Å². The molecule has 1 aliphatic rings. The van der Waals surface area contributed by atoms with Crippen LogP contribution in [0, 0.1) is 23.3 Å². The van der Waals surface area contributed by atoms with E-state index in [0.29, 0.717) is 29.4 Å². The predicted octanol–water partition coefficient (Wildman–Crippen LogP) is 8.18. The third-order valence-corrected chi connectivity index (χ3v) is 6.62. The predicted molar refractivity (Wildman–Crippen MR) is 117 cm³/mol. The Morgan fingerprint density at radius 2 is 1.65 bits per heavy atom. The Morgan fingerprint density at radius 3 is 2.45 bits per heavy atom. The van der Waals surface area contributed by atoms with Crippen molar-refractivity contribution in [3.63, 3.8) is 0 Å². The van der Waals surface area contributed by atoms with Crippen molar-refractivity contribution in [2.75, 3.05) is 0 Å². The van der Waals surface area contributed by atoms with Crippen molar-refractivity contribution >= 4 is 10.8 Å². The second-order valence-electron chi connectivity index (χ2n) is 8.75. The van der Waals surface area contributed by atoms with E-state index in [9.17, 15) is 13.2 Å². The van der Waals surface area contributed by atoms with E-state index in [4.69, 9.17) is 0 Å². The molecule has 3 aromatic rings. The topological polar surface area (TPSA) is 0 Å². The van der Waals surface area contributed by atoms with Gasteiger partial charge in [0.25, 0.3) is 0 Å². The summed E-state index contributed by atoms with van der Waals surface area (Å²) in [5.74, 6) is -4.15. The summed E-state index contributed by atoms with van der Waals surface area (Å²) in [6, 6.07) is 10.7. The van der Waals surface area contributed by atoms with E-state index in [1.807, 2.05) is 18.2 Å². The van der Waals surface area contributed by atoms with Crippen LogP contribution in [-0.4, -0.2) is 0 Å². The van der Waals surface area contributed by atoms with Crippen LogP contribution >= 0.6 is 0 Å². The number of rotatable bonds is 7. The molecule has 0 amide bonds. The average molecular weight is 429 g/mol. The SMILES string of the molecule is CCCCCCCc1ccc2c(F)c(C3CCc4c(cc(F)c(F)c4F)C3)ccc2c1. The minimum atomic E-state index is -1.42. The first-order valence-electron chi connectivity index (χ1n) is 11.4. The van der Waals surface area contributed by atoms with E-state index in [0.717, 1.165) is 24.3 Å². The van der Waals surface area contributed by atoms with Gasteiger partial charge in [-0.3, -0.25) is 0 Å². The molecule has 0 aromatic heterocycles. The van der Waals surface area contributed by atoms with Crippen LogP contribution in [0.3, 0.4) is 0 Å². The van der Waals surface area contributed by atoms with E-state index in [2.05, 4.69) is 13.0 Å². The molecule has 0 heterocycles. The third-order valence-electron chi connectivity index (χ3n) is 6.62. The molecule has 1 unspecified atom stereocenters. The zero-order valence-corrected chi connectivity index (χ0v) is 17.9. The molecular weight excluding hydrogens is 400 g/mol. The number of benzene rings is 3. The van der Waals surface area contributed by atoms with Gasteiger partial charge in [0.15, 0.2) is 17.5 Å². The van der Waals surface area contributed by atoms with Crippen molar-refractivity contribution < 1.29 is 17.6 Å². The molecule has 0 spiro atoms. The highest BCUT2D eigenvalue weighted by atomic mass is 19.2. The summed E-state index contributed by atoms with van der Waals surface area (Å²) >= 11 is 0. The number of halogens is 4. The van der Waals surface area contributed by atoms with Gasteiger partial charge in [-0.15, -0.1) is 0 Å². The standard InChI is InChI=1S/C27H28F4/c1-2-3-4-5-6-7-17-8-11-21-18(14-17)9-12-22(25(21)29)19-10-13-23-20(15-19)16-24(28)27(31)26(23)30/h8-9,11-12,14,16,19H,2-7,10,13,15H2,1H3. The fourth-order valence-electron chi connectivity index (χ4n) is 4.85. The lowest BCUT2D eigenvalue weighted by molar-refractivity contribution is 0.427. The maximum absolute atomic E-state index is 15.4. The summed E-state index contributed by atoms with van der Waals surface area (Å²) in [6.07, 6.45) is 8.20. The van der Waals surface area contributed by atoms with Crippen molar-refractivity contribution in [3.8, 4) is 0 Å². The van der Waals surface area contributed by atoms with Crippen molar-refractivity contribution in [1.29, 1.82) is 0 Å². The number of hydrogen-bond donors (Lipinski definition) is 0. The van der Waals surface area contributed by atoms with Gasteiger partial charge in [0.1, 0.15) is 5.82 Å². The molecule has 0 aliphatic heterocycles. The number of fused-ring (bicyclic) bond motifs is 2. The molecule has 4 rings (SSSR count). The largest absolute Gasteiger partial charge is 0.206 e. The quantitative estimate of drug-likeness (QED) is 0.202. The van der Waals surface area contributed by atoms with E-state index in [1.54, 1.807) is 6.07 Å². The number of hydrogen-bond acceptors (Lipinski definition) is 0. The molecule has 3 aromatic carbocycles. The first kappa shape index (κ1) is 21.9. The zero-order valence-electron chi connectivity index (χ0n) is 17.9. The first-order chi connectivity index (χ1) is 15.0. The van der Waals surface area contributed by atoms with Crippen LogP contribution in [-0.2, 0) is 19.3 Å². The summed E-state index contributed by atoms with van der Waals surface area (Å²) in [5.41, 5.74) is 2.44. The summed E-state index contributed by atoms with van der Waals surface area (Å²) in [4.78, 5) is 0. The molecule has 1 atom stereocenters. The molecule has 0 radical (unpaired) electrons. The van der Waals surface area contributed by atoms with Gasteiger partial charge in [-0.2, -0.15) is 0 Å². The van der Waals surface area contributed by atoms with Gasteiger partial charge in [0.05, 0.1) is 0 Å². The van der Waals surface area contributed by atoms with Crippen molar-refractivity contribution in [2.24, 2.45) is 0 Å². The molecule has 0 bridgehead atoms. The molecule has 0 fully saturated rings. The van der Waals surface area contributed by atoms with Gasteiger partial charge >= 0.3 is 0 Å². The van der Waals surface area contributed by atoms with Crippen LogP contribution < -0.4 is 0 Å². The average Bonchev–Trinajstić information content (AvgIpc) is 2.77. The minimum absolute atomic E-state index is 0.181. The van der Waals surface area contributed by atoms with Crippen LogP contribution in [0.4, 0.5) is 17.6 Å². The lowest BCUT2D eigenvalue weighted by atomic mass is 9.79. The maximum atomic E-state index is 15.4. The van der Waals surface area contributed by atoms with Crippen molar-refractivity contribution in [2.45, 2.75) is 70.6 Å². The molecule has 4 heteroatoms. The molecule has 31 heavy (non-hydrogen) atoms. The second kappa shape index (κ2) is 9.42. The fraction of sp³-hybridized carbons (Fsp3) is 0.407. The van der Waals surface area contributed by atoms with Gasteiger partial charge < -0.3 is 0 Å². The van der Waals surface area contributed by atoms with Gasteiger partial charge in [-0.25, -0.2) is 17.6 Å². The van der Waals surface area contributed by atoms with E-state index in [1.165, 1.54) is 31.2 Å². The summed E-state index contributed by atoms with van der Waals surface area (Å²) in [7, 11) is 0. The fourth-order valence-corrected chi connectivity index (χ4v) is 4.85. The Hall–Kier alpha value is -2.36. The highest BCUT2D eigenvalue weighted by Crippen LogP contribution is 2.38. The molecule has 164 valence electrons. The Bertz CT molecular complexity index is 1090. The van der Waals surface area contributed by atoms with Crippen molar-refractivity contribution in [1.82, 2.24) is 0 Å². The lowest BCUT2D eigenvalue weighted by Crippen LogP contribution is -2.17. The van der Waals surface area contributed by atoms with E-state index >= 15 is 4.39 Å². The summed E-state index contributed by atoms with van der Waals surface area (Å²) in [5, 5.41) is 1.46. The smallest absolute Gasteiger partial charge is 0.194 e. The second-order valence-corrected chi connectivity index (χ2v) is 8.75. The first-order valence-corrected chi connectivity index (χ1v) is 11.4. The van der Waals surface area contributed by atoms with Crippen LogP contribution in [0.1, 0.15) is 73.6 Å². The molecule has 0 saturated heterocycles. The minimum Gasteiger partial charge on any atom is -0.206 e. The van der Waals surface area contributed by atoms with Crippen LogP contribution in [0.25, 0.3) is 10.8 Å². The Labute approximate surface area is 181 Å². The third kappa shape index (κ3) is 4.49. The van der Waals surface area contributed by atoms with E-state index < -0.39 is 17.5 Å². The van der Waals surface area contributed by atoms with Crippen LogP contribution in [0.5, 0.6) is 0 Å². The number of unbranched alkanes of at least 4 members (excludes halogenated alkanes) is 4. The molecule has 0 saturated carbocycles. The van der Waals surface area contributed by atoms with Gasteiger partial charge in [-0.05, 0) is 71.7 Å². The normalized spacial score (nSPS) is 16.0. The van der Waals surface area contributed by atoms with Gasteiger partial charge in [-0.1, -0.05) is 62.9 Å². The molecular formula is C27H28F4. The Balaban J connectivity index is 1.54. The molecule has 0 nitrogen and oxygen atoms in total. The van der Waals surface area contributed by atoms with Crippen LogP contribution in [0.15, 0.2) is 36.4 Å². The number of aryl methyl sites for hydroxylation is 1. The van der Waals surface area contributed by atoms with Crippen molar-refractivity contribution in [3.05, 3.63) is 81.9 Å². The van der Waals surface area contributed by atoms with Crippen LogP contribution in [0.2, 0.25) is 0 Å². The Morgan fingerprint density at radius 1 is 0.839 bits per heavy atom. The zero-order chi connectivity index (χ0) is 22.0. The lowest BCUT2D eigenvalue weighted by Gasteiger charge is -2.26. The summed E-state index contributed by atoms with van der Waals surface area (Å²) in [6.45, 7) is 2.20.